The third kappa shape index (κ3) is 4.71. The standard InChI is InChI=1S/C23H26N4O2/c1-4-26(5-2)19-11-13-20(14-12-19)27(17(3)28)16-22(29)25-21-10-6-8-18-9-7-15-24-23(18)21/h6-15H,4-5,16H2,1-3H3,(H,25,29). The van der Waals surface area contributed by atoms with E-state index in [2.05, 4.69) is 29.0 Å². The molecule has 0 aliphatic rings. The second-order valence-electron chi connectivity index (χ2n) is 6.72. The Labute approximate surface area is 171 Å². The molecule has 2 amide bonds. The van der Waals surface area contributed by atoms with Crippen LogP contribution in [0.2, 0.25) is 0 Å². The molecule has 150 valence electrons. The first-order valence-corrected chi connectivity index (χ1v) is 9.80. The number of carbonyl (C=O) groups is 2. The van der Waals surface area contributed by atoms with Crippen LogP contribution in [0, 0.1) is 0 Å². The Morgan fingerprint density at radius 2 is 1.59 bits per heavy atom. The van der Waals surface area contributed by atoms with E-state index >= 15 is 0 Å². The highest BCUT2D eigenvalue weighted by Crippen LogP contribution is 2.23. The topological polar surface area (TPSA) is 65.5 Å². The van der Waals surface area contributed by atoms with E-state index < -0.39 is 0 Å². The van der Waals surface area contributed by atoms with Gasteiger partial charge in [0, 0.05) is 43.0 Å². The zero-order chi connectivity index (χ0) is 20.8. The number of pyridine rings is 1. The number of rotatable bonds is 7. The van der Waals surface area contributed by atoms with Gasteiger partial charge in [-0.05, 0) is 50.2 Å². The maximum atomic E-state index is 12.7. The van der Waals surface area contributed by atoms with Gasteiger partial charge in [-0.3, -0.25) is 14.6 Å². The Balaban J connectivity index is 1.76. The van der Waals surface area contributed by atoms with Crippen molar-refractivity contribution >= 4 is 39.8 Å². The van der Waals surface area contributed by atoms with E-state index in [4.69, 9.17) is 0 Å². The van der Waals surface area contributed by atoms with E-state index in [0.29, 0.717) is 11.4 Å². The fourth-order valence-electron chi connectivity index (χ4n) is 3.35. The van der Waals surface area contributed by atoms with Crippen LogP contribution in [-0.2, 0) is 9.59 Å². The number of hydrogen-bond acceptors (Lipinski definition) is 4. The summed E-state index contributed by atoms with van der Waals surface area (Å²) in [5.74, 6) is -0.460. The summed E-state index contributed by atoms with van der Waals surface area (Å²) in [6.45, 7) is 7.42. The van der Waals surface area contributed by atoms with Crippen LogP contribution in [0.3, 0.4) is 0 Å². The molecule has 3 rings (SSSR count). The Kier molecular flexibility index (Phi) is 6.44. The van der Waals surface area contributed by atoms with Gasteiger partial charge in [0.25, 0.3) is 0 Å². The number of nitrogens with zero attached hydrogens (tertiary/aromatic N) is 3. The number of carbonyl (C=O) groups excluding carboxylic acids is 2. The van der Waals surface area contributed by atoms with Crippen molar-refractivity contribution in [3.8, 4) is 0 Å². The molecule has 6 nitrogen and oxygen atoms in total. The molecule has 6 heteroatoms. The van der Waals surface area contributed by atoms with Crippen molar-refractivity contribution in [1.29, 1.82) is 0 Å². The number of anilines is 3. The number of para-hydroxylation sites is 1. The van der Waals surface area contributed by atoms with Gasteiger partial charge in [-0.25, -0.2) is 0 Å². The molecule has 1 aromatic heterocycles. The Hall–Kier alpha value is -3.41. The van der Waals surface area contributed by atoms with Gasteiger partial charge >= 0.3 is 0 Å². The molecule has 0 unspecified atom stereocenters. The van der Waals surface area contributed by atoms with E-state index in [1.165, 1.54) is 11.8 Å². The minimum Gasteiger partial charge on any atom is -0.372 e. The van der Waals surface area contributed by atoms with Crippen LogP contribution in [0.25, 0.3) is 10.9 Å². The van der Waals surface area contributed by atoms with Gasteiger partial charge in [-0.1, -0.05) is 18.2 Å². The summed E-state index contributed by atoms with van der Waals surface area (Å²) in [4.78, 5) is 32.9. The zero-order valence-corrected chi connectivity index (χ0v) is 17.1. The van der Waals surface area contributed by atoms with Crippen LogP contribution in [0.15, 0.2) is 60.8 Å². The average molecular weight is 390 g/mol. The number of aromatic nitrogens is 1. The van der Waals surface area contributed by atoms with Gasteiger partial charge in [0.2, 0.25) is 11.8 Å². The van der Waals surface area contributed by atoms with E-state index in [-0.39, 0.29) is 18.4 Å². The largest absolute Gasteiger partial charge is 0.372 e. The summed E-state index contributed by atoms with van der Waals surface area (Å²) in [5, 5.41) is 3.83. The lowest BCUT2D eigenvalue weighted by Crippen LogP contribution is -2.36. The van der Waals surface area contributed by atoms with Crippen molar-refractivity contribution in [2.75, 3.05) is 34.8 Å². The maximum Gasteiger partial charge on any atom is 0.244 e. The SMILES string of the molecule is CCN(CC)c1ccc(N(CC(=O)Nc2cccc3cccnc23)C(C)=O)cc1. The van der Waals surface area contributed by atoms with Crippen molar-refractivity contribution in [3.05, 3.63) is 60.8 Å². The Bertz CT molecular complexity index is 992. The van der Waals surface area contributed by atoms with Gasteiger partial charge in [0.15, 0.2) is 0 Å². The summed E-state index contributed by atoms with van der Waals surface area (Å²) in [7, 11) is 0. The molecule has 0 fully saturated rings. The van der Waals surface area contributed by atoms with Gasteiger partial charge in [0.1, 0.15) is 6.54 Å². The lowest BCUT2D eigenvalue weighted by Gasteiger charge is -2.24. The molecule has 29 heavy (non-hydrogen) atoms. The molecule has 0 aliphatic heterocycles. The van der Waals surface area contributed by atoms with Gasteiger partial charge in [-0.2, -0.15) is 0 Å². The minimum atomic E-state index is -0.272. The normalized spacial score (nSPS) is 10.6. The van der Waals surface area contributed by atoms with Crippen LogP contribution < -0.4 is 15.1 Å². The van der Waals surface area contributed by atoms with Crippen LogP contribution in [0.1, 0.15) is 20.8 Å². The predicted octanol–water partition coefficient (Wildman–Crippen LogP) is 4.07. The van der Waals surface area contributed by atoms with Crippen molar-refractivity contribution in [3.63, 3.8) is 0 Å². The number of benzene rings is 2. The van der Waals surface area contributed by atoms with E-state index in [1.807, 2.05) is 54.6 Å². The van der Waals surface area contributed by atoms with E-state index in [1.54, 1.807) is 6.20 Å². The third-order valence-electron chi connectivity index (χ3n) is 4.88. The summed E-state index contributed by atoms with van der Waals surface area (Å²) >= 11 is 0. The highest BCUT2D eigenvalue weighted by atomic mass is 16.2. The number of amides is 2. The van der Waals surface area contributed by atoms with Gasteiger partial charge in [-0.15, -0.1) is 0 Å². The molecular weight excluding hydrogens is 364 g/mol. The summed E-state index contributed by atoms with van der Waals surface area (Å²) in [6, 6.07) is 17.1. The van der Waals surface area contributed by atoms with E-state index in [0.717, 1.165) is 29.7 Å². The Morgan fingerprint density at radius 3 is 2.24 bits per heavy atom. The number of nitrogens with one attached hydrogen (secondary N) is 1. The number of hydrogen-bond donors (Lipinski definition) is 1. The second kappa shape index (κ2) is 9.19. The molecule has 0 spiro atoms. The quantitative estimate of drug-likeness (QED) is 0.660. The fraction of sp³-hybridized carbons (Fsp3) is 0.261. The summed E-state index contributed by atoms with van der Waals surface area (Å²) in [6.07, 6.45) is 1.69. The highest BCUT2D eigenvalue weighted by Gasteiger charge is 2.17. The average Bonchev–Trinajstić information content (AvgIpc) is 2.73. The summed E-state index contributed by atoms with van der Waals surface area (Å²) < 4.78 is 0. The highest BCUT2D eigenvalue weighted by molar-refractivity contribution is 6.05. The van der Waals surface area contributed by atoms with E-state index in [9.17, 15) is 9.59 Å². The molecule has 1 heterocycles. The van der Waals surface area contributed by atoms with Crippen LogP contribution in [-0.4, -0.2) is 36.4 Å². The number of fused-ring (bicyclic) bond motifs is 1. The smallest absolute Gasteiger partial charge is 0.244 e. The first-order valence-electron chi connectivity index (χ1n) is 9.80. The first kappa shape index (κ1) is 20.3. The molecule has 1 N–H and O–H groups in total. The van der Waals surface area contributed by atoms with Crippen LogP contribution in [0.4, 0.5) is 17.1 Å². The summed E-state index contributed by atoms with van der Waals surface area (Å²) in [5.41, 5.74) is 3.14. The molecule has 0 saturated carbocycles. The lowest BCUT2D eigenvalue weighted by molar-refractivity contribution is -0.120. The van der Waals surface area contributed by atoms with Crippen molar-refractivity contribution in [1.82, 2.24) is 4.98 Å². The van der Waals surface area contributed by atoms with Gasteiger partial charge in [0.05, 0.1) is 11.2 Å². The Morgan fingerprint density at radius 1 is 0.931 bits per heavy atom. The monoisotopic (exact) mass is 390 g/mol. The second-order valence-corrected chi connectivity index (χ2v) is 6.72. The minimum absolute atomic E-state index is 0.0663. The lowest BCUT2D eigenvalue weighted by atomic mass is 10.2. The maximum absolute atomic E-state index is 12.7. The van der Waals surface area contributed by atoms with Crippen molar-refractivity contribution in [2.24, 2.45) is 0 Å². The predicted molar refractivity (Wildman–Crippen MR) is 118 cm³/mol. The third-order valence-corrected chi connectivity index (χ3v) is 4.88. The molecule has 0 aliphatic carbocycles. The fourth-order valence-corrected chi connectivity index (χ4v) is 3.35. The molecule has 0 bridgehead atoms. The zero-order valence-electron chi connectivity index (χ0n) is 17.1. The van der Waals surface area contributed by atoms with Crippen molar-refractivity contribution in [2.45, 2.75) is 20.8 Å². The molecule has 2 aromatic carbocycles. The van der Waals surface area contributed by atoms with Crippen LogP contribution in [0.5, 0.6) is 0 Å². The first-order chi connectivity index (χ1) is 14.0. The molecule has 3 aromatic rings. The molecular formula is C23H26N4O2. The van der Waals surface area contributed by atoms with Crippen molar-refractivity contribution < 1.29 is 9.59 Å². The molecule has 0 saturated heterocycles. The van der Waals surface area contributed by atoms with Crippen LogP contribution >= 0.6 is 0 Å². The van der Waals surface area contributed by atoms with Gasteiger partial charge < -0.3 is 15.1 Å². The molecule has 0 atom stereocenters. The molecule has 0 radical (unpaired) electrons.